The highest BCUT2D eigenvalue weighted by Gasteiger charge is 2.20. The number of carbonyl (C=O) groups excluding carboxylic acids is 1. The number of hydrogen-bond donors (Lipinski definition) is 3. The Labute approximate surface area is 188 Å². The van der Waals surface area contributed by atoms with Gasteiger partial charge in [0.1, 0.15) is 22.8 Å². The molecular formula is C23H25NO9. The summed E-state index contributed by atoms with van der Waals surface area (Å²) in [7, 11) is 1.51. The average molecular weight is 459 g/mol. The summed E-state index contributed by atoms with van der Waals surface area (Å²) in [5.74, 6) is -0.193. The van der Waals surface area contributed by atoms with Gasteiger partial charge in [-0.3, -0.25) is 4.79 Å². The zero-order valence-electron chi connectivity index (χ0n) is 18.0. The van der Waals surface area contributed by atoms with Crippen LogP contribution in [0.25, 0.3) is 22.3 Å². The van der Waals surface area contributed by atoms with Crippen molar-refractivity contribution in [2.75, 3.05) is 40.2 Å². The number of fused-ring (bicyclic) bond motifs is 2. The van der Waals surface area contributed by atoms with Gasteiger partial charge in [-0.05, 0) is 29.8 Å². The Balaban J connectivity index is 0.000000383. The molecule has 0 aliphatic carbocycles. The van der Waals surface area contributed by atoms with Crippen molar-refractivity contribution < 1.29 is 44.1 Å². The van der Waals surface area contributed by atoms with E-state index in [1.165, 1.54) is 25.3 Å². The SMILES string of the molecule is COc1ccc2c(=O)cc(-c3cc(C(=O)[O-])cc4c3OCOC4)oc2c1.OCC[NH2+]CCO. The molecule has 0 radical (unpaired) electrons. The number of carboxylic acids is 1. The van der Waals surface area contributed by atoms with Crippen molar-refractivity contribution in [3.63, 3.8) is 0 Å². The molecule has 0 saturated heterocycles. The first-order valence-corrected chi connectivity index (χ1v) is 10.2. The standard InChI is InChI=1S/C19H14O7.C4H11NO2/c1-23-12-2-3-13-15(20)7-17(26-16(13)6-12)14-5-10(19(21)22)4-11-8-24-9-25-18(11)14;6-3-1-5-2-4-7/h2-7H,8-9H2,1H3,(H,21,22);5-7H,1-4H2. The molecule has 1 aliphatic heterocycles. The maximum absolute atomic E-state index is 12.5. The van der Waals surface area contributed by atoms with Crippen molar-refractivity contribution >= 4 is 16.9 Å². The average Bonchev–Trinajstić information content (AvgIpc) is 2.83. The van der Waals surface area contributed by atoms with E-state index >= 15 is 0 Å². The van der Waals surface area contributed by atoms with Crippen LogP contribution in [-0.4, -0.2) is 56.4 Å². The molecule has 1 aromatic heterocycles. The van der Waals surface area contributed by atoms with Gasteiger partial charge in [-0.1, -0.05) is 0 Å². The number of carbonyl (C=O) groups is 1. The van der Waals surface area contributed by atoms with Crippen molar-refractivity contribution in [3.8, 4) is 22.8 Å². The molecule has 33 heavy (non-hydrogen) atoms. The van der Waals surface area contributed by atoms with Crippen LogP contribution in [0, 0.1) is 0 Å². The van der Waals surface area contributed by atoms with Crippen LogP contribution in [-0.2, 0) is 11.3 Å². The van der Waals surface area contributed by atoms with Crippen molar-refractivity contribution in [2.45, 2.75) is 6.61 Å². The topological polar surface area (TPSA) is 155 Å². The summed E-state index contributed by atoms with van der Waals surface area (Å²) in [6, 6.07) is 8.97. The Morgan fingerprint density at radius 2 is 1.91 bits per heavy atom. The van der Waals surface area contributed by atoms with Gasteiger partial charge < -0.3 is 44.1 Å². The minimum Gasteiger partial charge on any atom is -0.545 e. The first-order valence-electron chi connectivity index (χ1n) is 10.2. The fourth-order valence-electron chi connectivity index (χ4n) is 3.24. The van der Waals surface area contributed by atoms with Gasteiger partial charge >= 0.3 is 0 Å². The Morgan fingerprint density at radius 3 is 2.58 bits per heavy atom. The maximum Gasteiger partial charge on any atom is 0.193 e. The number of carboxylic acid groups (broad SMARTS) is 1. The lowest BCUT2D eigenvalue weighted by Crippen LogP contribution is -2.85. The van der Waals surface area contributed by atoms with E-state index in [1.54, 1.807) is 18.2 Å². The van der Waals surface area contributed by atoms with Gasteiger partial charge in [-0.15, -0.1) is 0 Å². The lowest BCUT2D eigenvalue weighted by molar-refractivity contribution is -0.657. The number of rotatable bonds is 7. The van der Waals surface area contributed by atoms with Crippen LogP contribution in [0.3, 0.4) is 0 Å². The number of ether oxygens (including phenoxy) is 3. The van der Waals surface area contributed by atoms with Gasteiger partial charge in [-0.2, -0.15) is 0 Å². The molecule has 2 aromatic carbocycles. The van der Waals surface area contributed by atoms with E-state index < -0.39 is 5.97 Å². The van der Waals surface area contributed by atoms with E-state index in [-0.39, 0.29) is 43.4 Å². The highest BCUT2D eigenvalue weighted by molar-refractivity contribution is 5.90. The molecule has 10 heteroatoms. The number of aliphatic hydroxyl groups excluding tert-OH is 2. The highest BCUT2D eigenvalue weighted by atomic mass is 16.7. The summed E-state index contributed by atoms with van der Waals surface area (Å²) >= 11 is 0. The molecule has 10 nitrogen and oxygen atoms in total. The number of hydrogen-bond acceptors (Lipinski definition) is 9. The Hall–Kier alpha value is -3.44. The van der Waals surface area contributed by atoms with Gasteiger partial charge in [0.15, 0.2) is 12.2 Å². The van der Waals surface area contributed by atoms with Gasteiger partial charge in [0.25, 0.3) is 0 Å². The second-order valence-corrected chi connectivity index (χ2v) is 7.06. The van der Waals surface area contributed by atoms with Crippen LogP contribution in [0.1, 0.15) is 15.9 Å². The summed E-state index contributed by atoms with van der Waals surface area (Å²) < 4.78 is 21.7. The second kappa shape index (κ2) is 11.4. The summed E-state index contributed by atoms with van der Waals surface area (Å²) in [6.07, 6.45) is 0. The number of aliphatic hydroxyl groups is 2. The zero-order chi connectivity index (χ0) is 23.8. The molecule has 2 heterocycles. The molecule has 0 fully saturated rings. The van der Waals surface area contributed by atoms with Gasteiger partial charge in [0.05, 0.1) is 56.9 Å². The van der Waals surface area contributed by atoms with Crippen LogP contribution in [0.15, 0.2) is 45.6 Å². The van der Waals surface area contributed by atoms with E-state index in [4.69, 9.17) is 28.8 Å². The van der Waals surface area contributed by atoms with E-state index in [0.29, 0.717) is 46.7 Å². The molecule has 176 valence electrons. The van der Waals surface area contributed by atoms with Crippen molar-refractivity contribution in [2.24, 2.45) is 0 Å². The number of aromatic carboxylic acids is 1. The van der Waals surface area contributed by atoms with Gasteiger partial charge in [0, 0.05) is 17.7 Å². The van der Waals surface area contributed by atoms with Crippen LogP contribution in [0.2, 0.25) is 0 Å². The van der Waals surface area contributed by atoms with E-state index in [9.17, 15) is 14.7 Å². The molecule has 0 amide bonds. The van der Waals surface area contributed by atoms with Crippen LogP contribution in [0.4, 0.5) is 0 Å². The molecule has 1 aliphatic rings. The summed E-state index contributed by atoms with van der Waals surface area (Å²) in [4.78, 5) is 23.8. The smallest absolute Gasteiger partial charge is 0.193 e. The monoisotopic (exact) mass is 459 g/mol. The highest BCUT2D eigenvalue weighted by Crippen LogP contribution is 2.37. The van der Waals surface area contributed by atoms with E-state index in [2.05, 4.69) is 0 Å². The first-order chi connectivity index (χ1) is 16.0. The first kappa shape index (κ1) is 24.2. The minimum atomic E-state index is -1.34. The van der Waals surface area contributed by atoms with Crippen molar-refractivity contribution in [3.05, 3.63) is 57.7 Å². The molecule has 0 bridgehead atoms. The minimum absolute atomic E-state index is 0.0241. The quantitative estimate of drug-likeness (QED) is 0.386. The molecular weight excluding hydrogens is 434 g/mol. The number of methoxy groups -OCH3 is 1. The summed E-state index contributed by atoms with van der Waals surface area (Å²) in [5, 5.41) is 29.9. The van der Waals surface area contributed by atoms with E-state index in [1.807, 2.05) is 5.32 Å². The van der Waals surface area contributed by atoms with Crippen LogP contribution in [0.5, 0.6) is 11.5 Å². The van der Waals surface area contributed by atoms with Crippen molar-refractivity contribution in [1.29, 1.82) is 0 Å². The summed E-state index contributed by atoms with van der Waals surface area (Å²) in [5.41, 5.74) is 0.907. The second-order valence-electron chi connectivity index (χ2n) is 7.06. The third-order valence-electron chi connectivity index (χ3n) is 4.81. The molecule has 3 aromatic rings. The lowest BCUT2D eigenvalue weighted by atomic mass is 10.0. The van der Waals surface area contributed by atoms with Crippen LogP contribution >= 0.6 is 0 Å². The maximum atomic E-state index is 12.5. The van der Waals surface area contributed by atoms with Crippen molar-refractivity contribution in [1.82, 2.24) is 0 Å². The third kappa shape index (κ3) is 5.88. The molecule has 0 unspecified atom stereocenters. The molecule has 4 N–H and O–H groups in total. The number of quaternary nitrogens is 1. The fraction of sp³-hybridized carbons (Fsp3) is 0.304. The molecule has 0 atom stereocenters. The molecule has 0 saturated carbocycles. The normalized spacial score (nSPS) is 12.3. The Kier molecular flexibility index (Phi) is 8.39. The number of benzene rings is 2. The van der Waals surface area contributed by atoms with Crippen LogP contribution < -0.4 is 25.3 Å². The Morgan fingerprint density at radius 1 is 1.15 bits per heavy atom. The third-order valence-corrected chi connectivity index (χ3v) is 4.81. The predicted molar refractivity (Wildman–Crippen MR) is 115 cm³/mol. The zero-order valence-corrected chi connectivity index (χ0v) is 18.0. The predicted octanol–water partition coefficient (Wildman–Crippen LogP) is -0.767. The molecule has 4 rings (SSSR count). The fourth-order valence-corrected chi connectivity index (χ4v) is 3.24. The molecule has 0 spiro atoms. The largest absolute Gasteiger partial charge is 0.545 e. The Bertz CT molecular complexity index is 1170. The van der Waals surface area contributed by atoms with Gasteiger partial charge in [0.2, 0.25) is 0 Å². The van der Waals surface area contributed by atoms with Gasteiger partial charge in [-0.25, -0.2) is 0 Å². The summed E-state index contributed by atoms with van der Waals surface area (Å²) in [6.45, 7) is 1.99. The lowest BCUT2D eigenvalue weighted by Gasteiger charge is -2.22. The number of nitrogens with two attached hydrogens (primary N) is 1. The van der Waals surface area contributed by atoms with E-state index in [0.717, 1.165) is 0 Å².